The van der Waals surface area contributed by atoms with Gasteiger partial charge < -0.3 is 92.2 Å². The molecule has 0 aliphatic carbocycles. The topological polar surface area (TPSA) is 258 Å². The first-order chi connectivity index (χ1) is 30.1. The summed E-state index contributed by atoms with van der Waals surface area (Å²) in [6, 6.07) is 0. The summed E-state index contributed by atoms with van der Waals surface area (Å²) in [5.41, 5.74) is -1.78. The first-order valence-electron chi connectivity index (χ1n) is 22.5. The number of hydrogen-bond acceptors (Lipinski definition) is 20. The average molecular weight is 937 g/mol. The molecule has 0 aromatic rings. The Morgan fingerprint density at radius 2 is 0.516 bits per heavy atom. The number of aliphatic hydroxyl groups is 6. The molecular weight excluding hydrogens is 848 g/mol. The maximum atomic E-state index is 12.8. The van der Waals surface area contributed by atoms with Crippen LogP contribution in [0.1, 0.15) is 76.2 Å². The first-order valence-corrected chi connectivity index (χ1v) is 22.5. The number of carbonyl (C=O) groups is 1. The van der Waals surface area contributed by atoms with Gasteiger partial charge in [-0.15, -0.1) is 0 Å². The summed E-state index contributed by atoms with van der Waals surface area (Å²) in [5.74, 6) is 0. The fourth-order valence-electron chi connectivity index (χ4n) is 5.53. The summed E-state index contributed by atoms with van der Waals surface area (Å²) in [6.07, 6.45) is -7.37. The molecule has 12 atom stereocenters. The minimum Gasteiger partial charge on any atom is -0.429 e. The Labute approximate surface area is 382 Å². The Kier molecular flexibility index (Phi) is 35.8. The predicted octanol–water partition coefficient (Wildman–Crippen LogP) is 1.52. The Morgan fingerprint density at radius 3 is 0.766 bits per heavy atom. The molecule has 0 saturated heterocycles. The van der Waals surface area contributed by atoms with Gasteiger partial charge in [0.15, 0.2) is 0 Å². The van der Waals surface area contributed by atoms with Crippen LogP contribution in [0.25, 0.3) is 0 Å². The van der Waals surface area contributed by atoms with Crippen LogP contribution in [0, 0.1) is 10.8 Å². The van der Waals surface area contributed by atoms with Gasteiger partial charge >= 0.3 is 6.16 Å². The molecule has 64 heavy (non-hydrogen) atoms. The SMILES string of the molecule is CC(O)COCC(COCC(C)O)(COCC(C)O)COCC(C)OC(=O)OC(C)COCC(COCC(C)O)(COCC(C)OCC(C)O)COCC(C)OCC(C)OCC(C)O. The molecule has 0 aromatic heterocycles. The number of hydrogen-bond donors (Lipinski definition) is 6. The highest BCUT2D eigenvalue weighted by Crippen LogP contribution is 2.24. The third kappa shape index (κ3) is 35.7. The van der Waals surface area contributed by atoms with E-state index >= 15 is 0 Å². The van der Waals surface area contributed by atoms with E-state index in [0.717, 1.165) is 0 Å². The molecule has 0 saturated carbocycles. The minimum absolute atomic E-state index is 0.0240. The van der Waals surface area contributed by atoms with Gasteiger partial charge in [0, 0.05) is 0 Å². The standard InChI is InChI=1S/C44H88O20/c1-31(45)12-52-23-43(24-53-13-32(2)46,25-54-14-33(3)47)29-58-20-40(10)63-42(51)64-41(11)21-59-30-44(26-55-15-34(4)48,27-56-18-37(7)60-16-35(5)49)28-57-19-38(8)62-22-39(9)61-17-36(6)50/h31-41,45-50H,12-30H2,1-11H3. The van der Waals surface area contributed by atoms with E-state index in [1.54, 1.807) is 55.4 Å². The summed E-state index contributed by atoms with van der Waals surface area (Å²) in [5, 5.41) is 58.3. The summed E-state index contributed by atoms with van der Waals surface area (Å²) in [4.78, 5) is 12.8. The summed E-state index contributed by atoms with van der Waals surface area (Å²) in [6.45, 7) is 20.3. The van der Waals surface area contributed by atoms with Crippen LogP contribution in [0.2, 0.25) is 0 Å². The molecule has 0 amide bonds. The van der Waals surface area contributed by atoms with Crippen LogP contribution >= 0.6 is 0 Å². The zero-order valence-corrected chi connectivity index (χ0v) is 40.7. The van der Waals surface area contributed by atoms with E-state index in [2.05, 4.69) is 0 Å². The molecule has 20 heteroatoms. The molecule has 0 radical (unpaired) electrons. The largest absolute Gasteiger partial charge is 0.508 e. The van der Waals surface area contributed by atoms with Crippen LogP contribution in [-0.2, 0) is 61.6 Å². The number of carbonyl (C=O) groups excluding carboxylic acids is 1. The Morgan fingerprint density at radius 1 is 0.312 bits per heavy atom. The van der Waals surface area contributed by atoms with E-state index < -0.39 is 65.8 Å². The lowest BCUT2D eigenvalue weighted by Crippen LogP contribution is -2.44. The third-order valence-corrected chi connectivity index (χ3v) is 8.57. The molecule has 20 nitrogen and oxygen atoms in total. The van der Waals surface area contributed by atoms with Gasteiger partial charge in [-0.2, -0.15) is 0 Å². The normalized spacial score (nSPS) is 19.3. The first kappa shape index (κ1) is 62.6. The molecule has 384 valence electrons. The molecule has 0 heterocycles. The van der Waals surface area contributed by atoms with Crippen LogP contribution in [0.4, 0.5) is 4.79 Å². The van der Waals surface area contributed by atoms with Crippen LogP contribution in [0.3, 0.4) is 0 Å². The maximum Gasteiger partial charge on any atom is 0.508 e. The van der Waals surface area contributed by atoms with Gasteiger partial charge in [0.25, 0.3) is 0 Å². The number of rotatable bonds is 43. The highest BCUT2D eigenvalue weighted by atomic mass is 16.7. The highest BCUT2D eigenvalue weighted by molar-refractivity contribution is 5.60. The van der Waals surface area contributed by atoms with Crippen LogP contribution in [0.15, 0.2) is 0 Å². The molecule has 0 aliphatic rings. The van der Waals surface area contributed by atoms with Gasteiger partial charge in [0.1, 0.15) is 12.2 Å². The lowest BCUT2D eigenvalue weighted by molar-refractivity contribution is -0.139. The fourth-order valence-corrected chi connectivity index (χ4v) is 5.53. The Balaban J connectivity index is 5.60. The van der Waals surface area contributed by atoms with E-state index in [1.807, 2.05) is 20.8 Å². The highest BCUT2D eigenvalue weighted by Gasteiger charge is 2.35. The van der Waals surface area contributed by atoms with Crippen molar-refractivity contribution in [3.8, 4) is 0 Å². The summed E-state index contributed by atoms with van der Waals surface area (Å²) in [7, 11) is 0. The van der Waals surface area contributed by atoms with Gasteiger partial charge in [-0.05, 0) is 76.2 Å². The maximum absolute atomic E-state index is 12.8. The molecule has 0 aliphatic heterocycles. The van der Waals surface area contributed by atoms with E-state index in [9.17, 15) is 35.4 Å². The van der Waals surface area contributed by atoms with Crippen molar-refractivity contribution in [3.05, 3.63) is 0 Å². The minimum atomic E-state index is -0.941. The molecule has 0 bridgehead atoms. The fraction of sp³-hybridized carbons (Fsp3) is 0.977. The average Bonchev–Trinajstić information content (AvgIpc) is 3.17. The lowest BCUT2D eigenvalue weighted by Gasteiger charge is -2.34. The smallest absolute Gasteiger partial charge is 0.429 e. The van der Waals surface area contributed by atoms with Gasteiger partial charge in [-0.25, -0.2) is 4.79 Å². The van der Waals surface area contributed by atoms with E-state index in [1.165, 1.54) is 0 Å². The second kappa shape index (κ2) is 36.6. The van der Waals surface area contributed by atoms with Gasteiger partial charge in [-0.1, -0.05) is 0 Å². The van der Waals surface area contributed by atoms with Crippen molar-refractivity contribution in [2.75, 3.05) is 126 Å². The van der Waals surface area contributed by atoms with Crippen molar-refractivity contribution in [1.29, 1.82) is 0 Å². The van der Waals surface area contributed by atoms with Crippen molar-refractivity contribution in [1.82, 2.24) is 0 Å². The van der Waals surface area contributed by atoms with Crippen LogP contribution in [0.5, 0.6) is 0 Å². The second-order valence-corrected chi connectivity index (χ2v) is 17.8. The van der Waals surface area contributed by atoms with Gasteiger partial charge in [-0.3, -0.25) is 0 Å². The van der Waals surface area contributed by atoms with Crippen molar-refractivity contribution < 1.29 is 97.0 Å². The van der Waals surface area contributed by atoms with Crippen molar-refractivity contribution >= 4 is 6.16 Å². The van der Waals surface area contributed by atoms with Gasteiger partial charge in [0.2, 0.25) is 0 Å². The van der Waals surface area contributed by atoms with Gasteiger partial charge in [0.05, 0.1) is 191 Å². The summed E-state index contributed by atoms with van der Waals surface area (Å²) >= 11 is 0. The lowest BCUT2D eigenvalue weighted by atomic mass is 9.92. The number of aliphatic hydroxyl groups excluding tert-OH is 6. The van der Waals surface area contributed by atoms with Crippen molar-refractivity contribution in [3.63, 3.8) is 0 Å². The van der Waals surface area contributed by atoms with Crippen molar-refractivity contribution in [2.24, 2.45) is 10.8 Å². The molecule has 6 N–H and O–H groups in total. The molecule has 0 spiro atoms. The van der Waals surface area contributed by atoms with E-state index in [4.69, 9.17) is 61.6 Å². The van der Waals surface area contributed by atoms with Crippen molar-refractivity contribution in [2.45, 2.75) is 143 Å². The van der Waals surface area contributed by atoms with E-state index in [0.29, 0.717) is 6.61 Å². The van der Waals surface area contributed by atoms with Crippen LogP contribution in [-0.4, -0.2) is 229 Å². The molecule has 0 fully saturated rings. The Hall–Kier alpha value is -1.41. The monoisotopic (exact) mass is 937 g/mol. The predicted molar refractivity (Wildman–Crippen MR) is 234 cm³/mol. The molecule has 0 rings (SSSR count). The van der Waals surface area contributed by atoms with Crippen LogP contribution < -0.4 is 0 Å². The number of ether oxygens (including phenoxy) is 13. The third-order valence-electron chi connectivity index (χ3n) is 8.57. The van der Waals surface area contributed by atoms with E-state index in [-0.39, 0.29) is 137 Å². The zero-order valence-electron chi connectivity index (χ0n) is 40.7. The summed E-state index contributed by atoms with van der Waals surface area (Å²) < 4.78 is 75.5. The quantitative estimate of drug-likeness (QED) is 0.0474. The molecule has 12 unspecified atom stereocenters. The Bertz CT molecular complexity index is 1060. The molecule has 0 aromatic carbocycles. The zero-order chi connectivity index (χ0) is 48.6. The molecular formula is C44H88O20. The second-order valence-electron chi connectivity index (χ2n) is 17.8.